The number of carbonyl (C=O) groups excluding carboxylic acids is 1. The van der Waals surface area contributed by atoms with Gasteiger partial charge in [0.2, 0.25) is 0 Å². The van der Waals surface area contributed by atoms with E-state index in [0.717, 1.165) is 23.3 Å². The Labute approximate surface area is 172 Å². The van der Waals surface area contributed by atoms with Gasteiger partial charge in [0.05, 0.1) is 5.56 Å². The maximum absolute atomic E-state index is 12.1. The van der Waals surface area contributed by atoms with Crippen molar-refractivity contribution in [2.24, 2.45) is 5.92 Å². The highest BCUT2D eigenvalue weighted by Crippen LogP contribution is 2.35. The Kier molecular flexibility index (Phi) is 6.70. The number of nitrogens with zero attached hydrogens (tertiary/aromatic N) is 1. The van der Waals surface area contributed by atoms with Crippen LogP contribution in [0.1, 0.15) is 48.0 Å². The Morgan fingerprint density at radius 1 is 1.17 bits per heavy atom. The molecule has 1 heterocycles. The van der Waals surface area contributed by atoms with Crippen molar-refractivity contribution in [1.29, 1.82) is 0 Å². The van der Waals surface area contributed by atoms with Crippen LogP contribution >= 0.6 is 0 Å². The van der Waals surface area contributed by atoms with Crippen LogP contribution in [0, 0.1) is 12.8 Å². The third-order valence-electron chi connectivity index (χ3n) is 4.65. The van der Waals surface area contributed by atoms with Crippen molar-refractivity contribution in [2.45, 2.75) is 40.7 Å². The van der Waals surface area contributed by atoms with E-state index < -0.39 is 0 Å². The molecule has 0 atom stereocenters. The zero-order chi connectivity index (χ0) is 20.8. The summed E-state index contributed by atoms with van der Waals surface area (Å²) in [6, 6.07) is 15.8. The Hall–Kier alpha value is -3.08. The third-order valence-corrected chi connectivity index (χ3v) is 4.65. The fourth-order valence-electron chi connectivity index (χ4n) is 3.19. The lowest BCUT2D eigenvalue weighted by atomic mass is 9.95. The van der Waals surface area contributed by atoms with Crippen LogP contribution in [0.2, 0.25) is 0 Å². The molecular weight excluding hydrogens is 364 g/mol. The third kappa shape index (κ3) is 5.25. The largest absolute Gasteiger partial charge is 0.488 e. The van der Waals surface area contributed by atoms with Crippen LogP contribution in [0.5, 0.6) is 5.75 Å². The van der Waals surface area contributed by atoms with Crippen LogP contribution in [0.15, 0.2) is 53.1 Å². The monoisotopic (exact) mass is 392 g/mol. The van der Waals surface area contributed by atoms with E-state index in [4.69, 9.17) is 9.26 Å². The molecule has 0 spiro atoms. The molecule has 1 aromatic heterocycles. The molecule has 1 amide bonds. The predicted octanol–water partition coefficient (Wildman–Crippen LogP) is 5.18. The molecule has 0 aliphatic rings. The van der Waals surface area contributed by atoms with Crippen molar-refractivity contribution in [3.8, 4) is 17.1 Å². The van der Waals surface area contributed by atoms with Gasteiger partial charge in [-0.25, -0.2) is 0 Å². The van der Waals surface area contributed by atoms with Crippen molar-refractivity contribution >= 4 is 5.91 Å². The van der Waals surface area contributed by atoms with Gasteiger partial charge in [0.25, 0.3) is 5.91 Å². The van der Waals surface area contributed by atoms with Crippen molar-refractivity contribution in [2.75, 3.05) is 6.54 Å². The maximum Gasteiger partial charge on any atom is 0.273 e. The topological polar surface area (TPSA) is 64.4 Å². The number of carbonyl (C=O) groups is 1. The minimum absolute atomic E-state index is 0.247. The zero-order valence-corrected chi connectivity index (χ0v) is 17.5. The van der Waals surface area contributed by atoms with Crippen LogP contribution in [-0.2, 0) is 13.0 Å². The average molecular weight is 392 g/mol. The van der Waals surface area contributed by atoms with Crippen LogP contribution in [0.4, 0.5) is 0 Å². The molecule has 152 valence electrons. The number of hydrogen-bond acceptors (Lipinski definition) is 4. The second-order valence-corrected chi connectivity index (χ2v) is 7.58. The predicted molar refractivity (Wildman–Crippen MR) is 114 cm³/mol. The lowest BCUT2D eigenvalue weighted by Gasteiger charge is -2.15. The molecule has 0 fully saturated rings. The fraction of sp³-hybridized carbons (Fsp3) is 0.333. The van der Waals surface area contributed by atoms with Gasteiger partial charge in [-0.15, -0.1) is 0 Å². The second-order valence-electron chi connectivity index (χ2n) is 7.58. The molecule has 0 saturated heterocycles. The number of ether oxygens (including phenoxy) is 1. The molecule has 3 aromatic rings. The minimum Gasteiger partial charge on any atom is -0.488 e. The van der Waals surface area contributed by atoms with E-state index in [0.29, 0.717) is 24.8 Å². The van der Waals surface area contributed by atoms with Gasteiger partial charge in [0.15, 0.2) is 11.5 Å². The number of aromatic nitrogens is 1. The molecule has 0 aliphatic heterocycles. The number of aryl methyl sites for hydroxylation is 1. The summed E-state index contributed by atoms with van der Waals surface area (Å²) in [5.74, 6) is 1.53. The minimum atomic E-state index is -0.247. The van der Waals surface area contributed by atoms with Gasteiger partial charge in [-0.3, -0.25) is 4.79 Å². The van der Waals surface area contributed by atoms with Gasteiger partial charge >= 0.3 is 0 Å². The normalized spacial score (nSPS) is 10.9. The Morgan fingerprint density at radius 3 is 2.62 bits per heavy atom. The number of amides is 1. The van der Waals surface area contributed by atoms with E-state index in [-0.39, 0.29) is 11.6 Å². The molecule has 0 saturated carbocycles. The summed E-state index contributed by atoms with van der Waals surface area (Å²) in [6.07, 6.45) is 0.953. The highest BCUT2D eigenvalue weighted by Gasteiger charge is 2.18. The van der Waals surface area contributed by atoms with Gasteiger partial charge in [0, 0.05) is 12.6 Å². The van der Waals surface area contributed by atoms with Crippen molar-refractivity contribution in [3.05, 3.63) is 70.9 Å². The molecule has 0 aliphatic carbocycles. The molecule has 0 unspecified atom stereocenters. The summed E-state index contributed by atoms with van der Waals surface area (Å²) < 4.78 is 11.7. The number of benzene rings is 2. The number of nitrogens with one attached hydrogen (secondary N) is 1. The quantitative estimate of drug-likeness (QED) is 0.574. The second kappa shape index (κ2) is 9.41. The van der Waals surface area contributed by atoms with Crippen molar-refractivity contribution in [3.63, 3.8) is 0 Å². The maximum atomic E-state index is 12.1. The first-order valence-corrected chi connectivity index (χ1v) is 10.0. The van der Waals surface area contributed by atoms with Crippen LogP contribution < -0.4 is 10.1 Å². The molecule has 1 N–H and O–H groups in total. The summed E-state index contributed by atoms with van der Waals surface area (Å²) >= 11 is 0. The van der Waals surface area contributed by atoms with E-state index in [1.807, 2.05) is 43.3 Å². The average Bonchev–Trinajstić information content (AvgIpc) is 3.19. The molecule has 2 aromatic carbocycles. The first-order valence-electron chi connectivity index (χ1n) is 10.0. The number of rotatable bonds is 8. The SMILES string of the molecule is CCNC(=O)c1cc(-c2cc(CC(C)C)c(C)cc2OCc2ccccc2)on1. The number of hydrogen-bond donors (Lipinski definition) is 1. The van der Waals surface area contributed by atoms with E-state index in [9.17, 15) is 4.79 Å². The highest BCUT2D eigenvalue weighted by atomic mass is 16.5. The van der Waals surface area contributed by atoms with Gasteiger partial charge in [-0.05, 0) is 55.0 Å². The Balaban J connectivity index is 1.96. The van der Waals surface area contributed by atoms with Crippen molar-refractivity contribution in [1.82, 2.24) is 10.5 Å². The summed E-state index contributed by atoms with van der Waals surface area (Å²) in [5.41, 5.74) is 4.57. The summed E-state index contributed by atoms with van der Waals surface area (Å²) in [7, 11) is 0. The van der Waals surface area contributed by atoms with Gasteiger partial charge < -0.3 is 14.6 Å². The molecular formula is C24H28N2O3. The summed E-state index contributed by atoms with van der Waals surface area (Å²) in [4.78, 5) is 12.1. The van der Waals surface area contributed by atoms with Gasteiger partial charge in [-0.1, -0.05) is 49.3 Å². The first kappa shape index (κ1) is 20.6. The molecule has 29 heavy (non-hydrogen) atoms. The molecule has 0 bridgehead atoms. The highest BCUT2D eigenvalue weighted by molar-refractivity contribution is 5.93. The smallest absolute Gasteiger partial charge is 0.273 e. The van der Waals surface area contributed by atoms with Gasteiger partial charge in [0.1, 0.15) is 12.4 Å². The fourth-order valence-corrected chi connectivity index (χ4v) is 3.19. The Bertz CT molecular complexity index is 962. The lowest BCUT2D eigenvalue weighted by Crippen LogP contribution is -2.22. The summed E-state index contributed by atoms with van der Waals surface area (Å²) in [5, 5.41) is 6.68. The molecule has 0 radical (unpaired) electrons. The van der Waals surface area contributed by atoms with Crippen molar-refractivity contribution < 1.29 is 14.1 Å². The first-order chi connectivity index (χ1) is 14.0. The van der Waals surface area contributed by atoms with E-state index in [1.165, 1.54) is 11.1 Å². The van der Waals surface area contributed by atoms with E-state index in [1.54, 1.807) is 6.07 Å². The summed E-state index contributed by atoms with van der Waals surface area (Å²) in [6.45, 7) is 9.34. The van der Waals surface area contributed by atoms with Crippen LogP contribution in [0.25, 0.3) is 11.3 Å². The Morgan fingerprint density at radius 2 is 1.93 bits per heavy atom. The molecule has 3 rings (SSSR count). The van der Waals surface area contributed by atoms with E-state index in [2.05, 4.69) is 37.3 Å². The lowest BCUT2D eigenvalue weighted by molar-refractivity contribution is 0.0947. The van der Waals surface area contributed by atoms with Crippen LogP contribution in [0.3, 0.4) is 0 Å². The standard InChI is InChI=1S/C24H28N2O3/c1-5-25-24(27)21-14-23(29-26-21)20-13-19(11-16(2)3)17(4)12-22(20)28-15-18-9-7-6-8-10-18/h6-10,12-14,16H,5,11,15H2,1-4H3,(H,25,27). The molecule has 5 heteroatoms. The van der Waals surface area contributed by atoms with E-state index >= 15 is 0 Å². The van der Waals surface area contributed by atoms with Gasteiger partial charge in [-0.2, -0.15) is 0 Å². The zero-order valence-electron chi connectivity index (χ0n) is 17.5. The van der Waals surface area contributed by atoms with Crippen LogP contribution in [-0.4, -0.2) is 17.6 Å². The molecule has 5 nitrogen and oxygen atoms in total.